The third kappa shape index (κ3) is 6.90. The van der Waals surface area contributed by atoms with E-state index >= 15 is 0 Å². The summed E-state index contributed by atoms with van der Waals surface area (Å²) in [6, 6.07) is 12.4. The Morgan fingerprint density at radius 1 is 1.18 bits per heavy atom. The summed E-state index contributed by atoms with van der Waals surface area (Å²) in [7, 11) is 1.49. The molecule has 3 aliphatic heterocycles. The lowest BCUT2D eigenvalue weighted by molar-refractivity contribution is -0.163. The molecule has 11 nitrogen and oxygen atoms in total. The van der Waals surface area contributed by atoms with Gasteiger partial charge in [0.25, 0.3) is 5.91 Å². The Balaban J connectivity index is 1.49. The van der Waals surface area contributed by atoms with Gasteiger partial charge in [-0.05, 0) is 43.4 Å². The van der Waals surface area contributed by atoms with Crippen LogP contribution >= 0.6 is 11.6 Å². The van der Waals surface area contributed by atoms with Crippen LogP contribution in [0.15, 0.2) is 73.8 Å². The van der Waals surface area contributed by atoms with Gasteiger partial charge in [0.05, 0.1) is 47.9 Å². The molecular weight excluding hydrogens is 650 g/mol. The van der Waals surface area contributed by atoms with E-state index in [1.165, 1.54) is 16.9 Å². The van der Waals surface area contributed by atoms with Gasteiger partial charge in [-0.2, -0.15) is 0 Å². The van der Waals surface area contributed by atoms with Crippen LogP contribution in [0, 0.1) is 18.8 Å². The number of halogens is 1. The van der Waals surface area contributed by atoms with Crippen molar-refractivity contribution >= 4 is 41.0 Å². The number of aliphatic hydroxyl groups is 1. The van der Waals surface area contributed by atoms with Crippen molar-refractivity contribution in [2.24, 2.45) is 11.8 Å². The lowest BCUT2D eigenvalue weighted by Crippen LogP contribution is -2.57. The van der Waals surface area contributed by atoms with Crippen molar-refractivity contribution in [2.75, 3.05) is 38.3 Å². The van der Waals surface area contributed by atoms with Crippen LogP contribution in [0.25, 0.3) is 0 Å². The van der Waals surface area contributed by atoms with Gasteiger partial charge in [-0.25, -0.2) is 0 Å². The SMILES string of the molecule is C=CCCC(=O)N[C@@H](COC)[C@@H](OC(=O)[C@@H]1[C@@H]2CC[C@]3(O2)[C@H](C(=O)N(CC=C)c2c(C)cccc2Cl)N(CCO)C(=O)[C@@H]13)c1ccccc1. The maximum atomic E-state index is 14.7. The topological polar surface area (TPSA) is 135 Å². The predicted molar refractivity (Wildman–Crippen MR) is 184 cm³/mol. The number of allylic oxidation sites excluding steroid dienone is 1. The van der Waals surface area contributed by atoms with E-state index < -0.39 is 66.1 Å². The Morgan fingerprint density at radius 3 is 2.59 bits per heavy atom. The van der Waals surface area contributed by atoms with E-state index in [1.807, 2.05) is 19.1 Å². The van der Waals surface area contributed by atoms with Crippen molar-refractivity contribution in [3.63, 3.8) is 0 Å². The molecule has 2 aromatic rings. The van der Waals surface area contributed by atoms with Gasteiger partial charge < -0.3 is 34.4 Å². The molecule has 3 saturated heterocycles. The summed E-state index contributed by atoms with van der Waals surface area (Å²) in [5.74, 6) is -3.90. The van der Waals surface area contributed by atoms with Crippen LogP contribution < -0.4 is 10.2 Å². The summed E-state index contributed by atoms with van der Waals surface area (Å²) >= 11 is 6.61. The van der Waals surface area contributed by atoms with Gasteiger partial charge in [-0.1, -0.05) is 66.2 Å². The highest BCUT2D eigenvalue weighted by atomic mass is 35.5. The van der Waals surface area contributed by atoms with Crippen molar-refractivity contribution in [3.05, 3.63) is 90.0 Å². The smallest absolute Gasteiger partial charge is 0.313 e. The number of aliphatic hydroxyl groups excluding tert-OH is 1. The highest BCUT2D eigenvalue weighted by Gasteiger charge is 2.75. The number of hydrogen-bond acceptors (Lipinski definition) is 8. The maximum absolute atomic E-state index is 14.7. The molecule has 2 bridgehead atoms. The monoisotopic (exact) mass is 693 g/mol. The number of amides is 3. The molecule has 2 aromatic carbocycles. The van der Waals surface area contributed by atoms with Crippen LogP contribution in [0.5, 0.6) is 0 Å². The van der Waals surface area contributed by atoms with Crippen LogP contribution in [-0.4, -0.2) is 90.9 Å². The zero-order chi connectivity index (χ0) is 35.3. The first-order valence-electron chi connectivity index (χ1n) is 16.5. The highest BCUT2D eigenvalue weighted by molar-refractivity contribution is 6.34. The molecule has 7 atom stereocenters. The first kappa shape index (κ1) is 36.3. The van der Waals surface area contributed by atoms with E-state index in [0.717, 1.165) is 5.56 Å². The molecule has 3 fully saturated rings. The standard InChI is InChI=1S/C37H44ClN3O8/c1-5-7-16-28(43)39-26(22-47-4)32(24-13-9-8-10-14-24)48-36(46)29-27-17-18-37(49-27)30(29)34(44)41(20-21-42)33(37)35(45)40(19-6-2)31-23(3)12-11-15-25(31)38/h5-6,8-15,26-27,29-30,32-33,42H,1-2,7,16-22H2,3-4H3,(H,39,43)/t26-,27-,29+,30+,32-,33-,37+/m0/s1. The number of aryl methyl sites for hydroxylation is 1. The van der Waals surface area contributed by atoms with Crippen molar-refractivity contribution < 1.29 is 38.5 Å². The molecule has 0 saturated carbocycles. The summed E-state index contributed by atoms with van der Waals surface area (Å²) in [5, 5.41) is 13.3. The molecule has 3 heterocycles. The van der Waals surface area contributed by atoms with Gasteiger partial charge >= 0.3 is 5.97 Å². The number of methoxy groups -OCH3 is 1. The molecule has 3 amide bonds. The second-order valence-electron chi connectivity index (χ2n) is 12.7. The van der Waals surface area contributed by atoms with E-state index in [0.29, 0.717) is 35.5 Å². The summed E-state index contributed by atoms with van der Waals surface area (Å²) in [6.07, 6.45) is 3.03. The number of anilines is 1. The summed E-state index contributed by atoms with van der Waals surface area (Å²) < 4.78 is 18.3. The average Bonchev–Trinajstić information content (AvgIpc) is 3.73. The summed E-state index contributed by atoms with van der Waals surface area (Å²) in [5.41, 5.74) is 0.531. The molecule has 0 aliphatic carbocycles. The number of hydrogen-bond donors (Lipinski definition) is 2. The largest absolute Gasteiger partial charge is 0.455 e. The third-order valence-electron chi connectivity index (χ3n) is 9.69. The Hall–Kier alpha value is -4.03. The van der Waals surface area contributed by atoms with Gasteiger partial charge in [-0.15, -0.1) is 13.2 Å². The first-order valence-corrected chi connectivity index (χ1v) is 16.9. The van der Waals surface area contributed by atoms with Gasteiger partial charge in [0, 0.05) is 26.6 Å². The number of ether oxygens (including phenoxy) is 3. The fourth-order valence-corrected chi connectivity index (χ4v) is 8.03. The van der Waals surface area contributed by atoms with Gasteiger partial charge in [0.1, 0.15) is 17.7 Å². The minimum absolute atomic E-state index is 0.0466. The quantitative estimate of drug-likeness (QED) is 0.200. The number of para-hydroxylation sites is 1. The highest BCUT2D eigenvalue weighted by Crippen LogP contribution is 2.59. The van der Waals surface area contributed by atoms with Crippen molar-refractivity contribution in [3.8, 4) is 0 Å². The number of rotatable bonds is 16. The van der Waals surface area contributed by atoms with Crippen LogP contribution in [0.2, 0.25) is 5.02 Å². The molecule has 5 rings (SSSR count). The maximum Gasteiger partial charge on any atom is 0.313 e. The molecule has 2 N–H and O–H groups in total. The van der Waals surface area contributed by atoms with Crippen molar-refractivity contribution in [1.82, 2.24) is 10.2 Å². The second-order valence-corrected chi connectivity index (χ2v) is 13.1. The van der Waals surface area contributed by atoms with Crippen molar-refractivity contribution in [2.45, 2.75) is 62.5 Å². The molecule has 12 heteroatoms. The molecule has 0 aromatic heterocycles. The fourth-order valence-electron chi connectivity index (χ4n) is 7.71. The number of carbonyl (C=O) groups is 4. The van der Waals surface area contributed by atoms with Crippen LogP contribution in [0.3, 0.4) is 0 Å². The third-order valence-corrected chi connectivity index (χ3v) is 9.99. The second kappa shape index (κ2) is 15.7. The van der Waals surface area contributed by atoms with E-state index in [4.69, 9.17) is 25.8 Å². The van der Waals surface area contributed by atoms with Gasteiger partial charge in [0.2, 0.25) is 11.8 Å². The number of nitrogens with zero attached hydrogens (tertiary/aromatic N) is 2. The first-order chi connectivity index (χ1) is 23.6. The number of esters is 1. The minimum atomic E-state index is -1.33. The lowest BCUT2D eigenvalue weighted by Gasteiger charge is -2.37. The van der Waals surface area contributed by atoms with Crippen LogP contribution in [0.4, 0.5) is 5.69 Å². The molecular formula is C37H44ClN3O8. The molecule has 49 heavy (non-hydrogen) atoms. The lowest BCUT2D eigenvalue weighted by atomic mass is 9.70. The number of β-amino-alcohol motifs (C(OH)–C–C–N with tert-alkyl or cyclic N) is 1. The minimum Gasteiger partial charge on any atom is -0.455 e. The Labute approximate surface area is 291 Å². The van der Waals surface area contributed by atoms with Crippen LogP contribution in [0.1, 0.15) is 42.9 Å². The number of fused-ring (bicyclic) bond motifs is 1. The van der Waals surface area contributed by atoms with E-state index in [2.05, 4.69) is 18.5 Å². The van der Waals surface area contributed by atoms with E-state index in [1.54, 1.807) is 48.6 Å². The fraction of sp³-hybridized carbons (Fsp3) is 0.459. The number of likely N-dealkylation sites (tertiary alicyclic amines) is 1. The zero-order valence-electron chi connectivity index (χ0n) is 27.9. The van der Waals surface area contributed by atoms with E-state index in [-0.39, 0.29) is 32.0 Å². The van der Waals surface area contributed by atoms with Crippen LogP contribution in [-0.2, 0) is 33.4 Å². The number of benzene rings is 2. The van der Waals surface area contributed by atoms with Gasteiger partial charge in [0.15, 0.2) is 0 Å². The van der Waals surface area contributed by atoms with Crippen molar-refractivity contribution in [1.29, 1.82) is 0 Å². The Morgan fingerprint density at radius 2 is 1.94 bits per heavy atom. The van der Waals surface area contributed by atoms with E-state index in [9.17, 15) is 24.3 Å². The Bertz CT molecular complexity index is 1550. The summed E-state index contributed by atoms with van der Waals surface area (Å²) in [6.45, 7) is 8.97. The molecule has 0 unspecified atom stereocenters. The number of carbonyl (C=O) groups excluding carboxylic acids is 4. The zero-order valence-corrected chi connectivity index (χ0v) is 28.6. The summed E-state index contributed by atoms with van der Waals surface area (Å²) in [4.78, 5) is 58.9. The molecule has 262 valence electrons. The average molecular weight is 694 g/mol. The van der Waals surface area contributed by atoms with Gasteiger partial charge in [-0.3, -0.25) is 19.2 Å². The molecule has 0 radical (unpaired) electrons. The molecule has 3 aliphatic rings. The Kier molecular flexibility index (Phi) is 11.6. The number of nitrogens with one attached hydrogen (secondary N) is 1. The normalized spacial score (nSPS) is 25.0. The molecule has 1 spiro atoms. The predicted octanol–water partition coefficient (Wildman–Crippen LogP) is 3.92.